The molecule has 2 amide bonds. The molecule has 2 heterocycles. The molecule has 0 aliphatic carbocycles. The lowest BCUT2D eigenvalue weighted by Gasteiger charge is -2.35. The first-order valence-corrected chi connectivity index (χ1v) is 12.3. The monoisotopic (exact) mass is 486 g/mol. The predicted molar refractivity (Wildman–Crippen MR) is 134 cm³/mol. The number of amides is 2. The normalized spacial score (nSPS) is 15.9. The van der Waals surface area contributed by atoms with E-state index in [1.807, 2.05) is 67.8 Å². The molecule has 5 rings (SSSR count). The molecule has 6 nitrogen and oxygen atoms in total. The highest BCUT2D eigenvalue weighted by molar-refractivity contribution is 7.98. The maximum absolute atomic E-state index is 14.4. The molecule has 0 spiro atoms. The number of aromatic nitrogens is 2. The molecule has 0 bridgehead atoms. The van der Waals surface area contributed by atoms with E-state index in [0.717, 1.165) is 16.0 Å². The highest BCUT2D eigenvalue weighted by Gasteiger charge is 2.36. The van der Waals surface area contributed by atoms with Gasteiger partial charge in [-0.1, -0.05) is 53.7 Å². The van der Waals surface area contributed by atoms with Crippen LogP contribution in [0, 0.1) is 5.82 Å². The SMILES string of the molecule is CSc1ccc(-c2noc(C3=C(C)N(Cc4ccccc4F)C(=O)NC3c3ccccc3)n2)cc1. The number of carbonyl (C=O) groups excluding carboxylic acids is 1. The quantitative estimate of drug-likeness (QED) is 0.324. The van der Waals surface area contributed by atoms with Gasteiger partial charge in [0.1, 0.15) is 5.82 Å². The fourth-order valence-corrected chi connectivity index (χ4v) is 4.54. The van der Waals surface area contributed by atoms with Gasteiger partial charge in [-0.05, 0) is 49.1 Å². The van der Waals surface area contributed by atoms with Crippen molar-refractivity contribution in [3.63, 3.8) is 0 Å². The molecule has 3 aromatic carbocycles. The van der Waals surface area contributed by atoms with E-state index in [2.05, 4.69) is 15.5 Å². The number of nitrogens with one attached hydrogen (secondary N) is 1. The Morgan fingerprint density at radius 1 is 1.03 bits per heavy atom. The molecule has 0 saturated heterocycles. The standard InChI is InChI=1S/C27H23FN4O2S/c1-17-23(26-30-25(31-34-26)19-12-14-21(35-2)15-13-19)24(18-8-4-3-5-9-18)29-27(33)32(17)16-20-10-6-7-11-22(20)28/h3-15,24H,16H2,1-2H3,(H,29,33). The van der Waals surface area contributed by atoms with Crippen LogP contribution >= 0.6 is 11.8 Å². The molecule has 1 aliphatic heterocycles. The molecule has 0 radical (unpaired) electrons. The summed E-state index contributed by atoms with van der Waals surface area (Å²) in [5, 5.41) is 7.25. The Labute approximate surface area is 206 Å². The van der Waals surface area contributed by atoms with Gasteiger partial charge in [0.25, 0.3) is 5.89 Å². The van der Waals surface area contributed by atoms with E-state index < -0.39 is 6.04 Å². The summed E-state index contributed by atoms with van der Waals surface area (Å²) in [7, 11) is 0. The maximum Gasteiger partial charge on any atom is 0.322 e. The average Bonchev–Trinajstić information content (AvgIpc) is 3.37. The van der Waals surface area contributed by atoms with E-state index in [-0.39, 0.29) is 18.4 Å². The fourth-order valence-electron chi connectivity index (χ4n) is 4.13. The number of hydrogen-bond donors (Lipinski definition) is 1. The molecule has 1 aromatic heterocycles. The molecule has 1 atom stereocenters. The first kappa shape index (κ1) is 22.9. The molecule has 0 fully saturated rings. The van der Waals surface area contributed by atoms with Crippen molar-refractivity contribution in [3.05, 3.63) is 107 Å². The second-order valence-corrected chi connectivity index (χ2v) is 9.00. The Morgan fingerprint density at radius 3 is 2.46 bits per heavy atom. The van der Waals surface area contributed by atoms with Crippen LogP contribution in [-0.2, 0) is 6.54 Å². The number of thioether (sulfide) groups is 1. The van der Waals surface area contributed by atoms with Crippen LogP contribution in [0.1, 0.15) is 30.0 Å². The lowest BCUT2D eigenvalue weighted by molar-refractivity contribution is 0.202. The van der Waals surface area contributed by atoms with Gasteiger partial charge in [-0.2, -0.15) is 4.98 Å². The van der Waals surface area contributed by atoms with Gasteiger partial charge in [0.15, 0.2) is 0 Å². The Balaban J connectivity index is 1.58. The van der Waals surface area contributed by atoms with Crippen molar-refractivity contribution < 1.29 is 13.7 Å². The Kier molecular flexibility index (Phi) is 6.37. The molecular weight excluding hydrogens is 463 g/mol. The van der Waals surface area contributed by atoms with Gasteiger partial charge in [0.05, 0.1) is 18.2 Å². The number of urea groups is 1. The van der Waals surface area contributed by atoms with Crippen LogP contribution in [0.15, 0.2) is 94.0 Å². The second kappa shape index (κ2) is 9.76. The van der Waals surface area contributed by atoms with Gasteiger partial charge >= 0.3 is 6.03 Å². The largest absolute Gasteiger partial charge is 0.334 e. The Hall–Kier alpha value is -3.91. The average molecular weight is 487 g/mol. The Morgan fingerprint density at radius 2 is 1.74 bits per heavy atom. The fraction of sp³-hybridized carbons (Fsp3) is 0.148. The van der Waals surface area contributed by atoms with E-state index >= 15 is 0 Å². The zero-order valence-electron chi connectivity index (χ0n) is 19.2. The lowest BCUT2D eigenvalue weighted by atomic mass is 9.94. The molecule has 1 unspecified atom stereocenters. The first-order valence-electron chi connectivity index (χ1n) is 11.1. The van der Waals surface area contributed by atoms with Crippen molar-refractivity contribution in [1.82, 2.24) is 20.4 Å². The third-order valence-corrected chi connectivity index (χ3v) is 6.76. The molecule has 8 heteroatoms. The highest BCUT2D eigenvalue weighted by Crippen LogP contribution is 2.38. The molecule has 0 saturated carbocycles. The van der Waals surface area contributed by atoms with Gasteiger partial charge < -0.3 is 9.84 Å². The summed E-state index contributed by atoms with van der Waals surface area (Å²) < 4.78 is 20.1. The zero-order chi connectivity index (χ0) is 24.4. The minimum Gasteiger partial charge on any atom is -0.334 e. The third-order valence-electron chi connectivity index (χ3n) is 6.02. The van der Waals surface area contributed by atoms with Gasteiger partial charge in [-0.3, -0.25) is 4.90 Å². The minimum atomic E-state index is -0.493. The summed E-state index contributed by atoms with van der Waals surface area (Å²) in [5.41, 5.74) is 3.42. The van der Waals surface area contributed by atoms with Crippen LogP contribution in [0.25, 0.3) is 17.0 Å². The van der Waals surface area contributed by atoms with Crippen molar-refractivity contribution in [3.8, 4) is 11.4 Å². The maximum atomic E-state index is 14.4. The van der Waals surface area contributed by atoms with E-state index in [1.165, 1.54) is 11.0 Å². The first-order chi connectivity index (χ1) is 17.0. The number of hydrogen-bond acceptors (Lipinski definition) is 5. The van der Waals surface area contributed by atoms with Crippen molar-refractivity contribution in [2.24, 2.45) is 0 Å². The predicted octanol–water partition coefficient (Wildman–Crippen LogP) is 6.30. The van der Waals surface area contributed by atoms with Gasteiger partial charge in [0, 0.05) is 21.7 Å². The van der Waals surface area contributed by atoms with Crippen molar-refractivity contribution in [2.45, 2.75) is 24.4 Å². The number of nitrogens with zero attached hydrogens (tertiary/aromatic N) is 3. The number of allylic oxidation sites excluding steroid dienone is 1. The van der Waals surface area contributed by atoms with Crippen LogP contribution in [0.4, 0.5) is 9.18 Å². The van der Waals surface area contributed by atoms with Gasteiger partial charge in [0.2, 0.25) is 5.82 Å². The van der Waals surface area contributed by atoms with Gasteiger partial charge in [-0.25, -0.2) is 9.18 Å². The topological polar surface area (TPSA) is 71.3 Å². The number of halogens is 1. The molecule has 35 heavy (non-hydrogen) atoms. The van der Waals surface area contributed by atoms with Crippen LogP contribution in [0.5, 0.6) is 0 Å². The van der Waals surface area contributed by atoms with Crippen molar-refractivity contribution in [1.29, 1.82) is 0 Å². The molecule has 176 valence electrons. The summed E-state index contributed by atoms with van der Waals surface area (Å²) >= 11 is 1.66. The summed E-state index contributed by atoms with van der Waals surface area (Å²) in [6.07, 6.45) is 2.02. The van der Waals surface area contributed by atoms with E-state index in [1.54, 1.807) is 30.0 Å². The van der Waals surface area contributed by atoms with E-state index in [0.29, 0.717) is 28.5 Å². The van der Waals surface area contributed by atoms with Crippen LogP contribution in [0.2, 0.25) is 0 Å². The number of carbonyl (C=O) groups is 1. The van der Waals surface area contributed by atoms with Gasteiger partial charge in [-0.15, -0.1) is 11.8 Å². The molecule has 1 aliphatic rings. The summed E-state index contributed by atoms with van der Waals surface area (Å²) in [4.78, 5) is 20.5. The summed E-state index contributed by atoms with van der Waals surface area (Å²) in [5.74, 6) is 0.393. The van der Waals surface area contributed by atoms with Crippen molar-refractivity contribution >= 4 is 23.4 Å². The summed E-state index contributed by atoms with van der Waals surface area (Å²) in [6.45, 7) is 1.90. The van der Waals surface area contributed by atoms with Crippen LogP contribution in [0.3, 0.4) is 0 Å². The lowest BCUT2D eigenvalue weighted by Crippen LogP contribution is -2.45. The van der Waals surface area contributed by atoms with Crippen molar-refractivity contribution in [2.75, 3.05) is 6.26 Å². The Bertz CT molecular complexity index is 1390. The number of rotatable bonds is 6. The minimum absolute atomic E-state index is 0.0759. The highest BCUT2D eigenvalue weighted by atomic mass is 32.2. The molecular formula is C27H23FN4O2S. The summed E-state index contributed by atoms with van der Waals surface area (Å²) in [6, 6.07) is 23.1. The zero-order valence-corrected chi connectivity index (χ0v) is 20.1. The smallest absolute Gasteiger partial charge is 0.322 e. The van der Waals surface area contributed by atoms with Crippen LogP contribution < -0.4 is 5.32 Å². The molecule has 1 N–H and O–H groups in total. The second-order valence-electron chi connectivity index (χ2n) is 8.12. The number of benzene rings is 3. The van der Waals surface area contributed by atoms with E-state index in [4.69, 9.17) is 4.52 Å². The van der Waals surface area contributed by atoms with E-state index in [9.17, 15) is 9.18 Å². The van der Waals surface area contributed by atoms with Crippen LogP contribution in [-0.4, -0.2) is 27.3 Å². The molecule has 4 aromatic rings. The third kappa shape index (κ3) is 4.57.